The van der Waals surface area contributed by atoms with Gasteiger partial charge in [-0.15, -0.1) is 0 Å². The zero-order valence-corrected chi connectivity index (χ0v) is 34.5. The van der Waals surface area contributed by atoms with Crippen molar-refractivity contribution in [2.45, 2.75) is 123 Å². The fourth-order valence-electron chi connectivity index (χ4n) is 6.23. The van der Waals surface area contributed by atoms with E-state index in [2.05, 4.69) is 138 Å². The van der Waals surface area contributed by atoms with Gasteiger partial charge in [0, 0.05) is 0 Å². The van der Waals surface area contributed by atoms with E-state index in [1.165, 1.54) is 24.3 Å². The van der Waals surface area contributed by atoms with Crippen molar-refractivity contribution in [3.8, 4) is 0 Å². The third kappa shape index (κ3) is 9.84. The molecule has 1 radical (unpaired) electrons. The van der Waals surface area contributed by atoms with Gasteiger partial charge in [0.2, 0.25) is 0 Å². The Morgan fingerprint density at radius 2 is 0.646 bits per heavy atom. The van der Waals surface area contributed by atoms with Gasteiger partial charge in [-0.1, -0.05) is 18.2 Å². The molecule has 0 aliphatic rings. The summed E-state index contributed by atoms with van der Waals surface area (Å²) in [5.74, 6) is 3.02. The third-order valence-electron chi connectivity index (χ3n) is 8.73. The van der Waals surface area contributed by atoms with Crippen molar-refractivity contribution in [1.29, 1.82) is 0 Å². The van der Waals surface area contributed by atoms with Crippen molar-refractivity contribution in [2.75, 3.05) is 0 Å². The fraction of sp³-hybridized carbons (Fsp3) is 0.429. The fourth-order valence-corrected chi connectivity index (χ4v) is 18.8. The van der Waals surface area contributed by atoms with Crippen LogP contribution < -0.4 is 10.5 Å². The summed E-state index contributed by atoms with van der Waals surface area (Å²) >= 11 is -2.55. The van der Waals surface area contributed by atoms with Crippen molar-refractivity contribution >= 4 is 40.9 Å². The SMILES string of the molecule is CC(C)c1cccc(C(C)C)[c]1[Sb+]([c]1c(C(C)C)cccc1C(C)C)[c]1c(C(C)C)cccc1C(C)C.O.O=S(=O)([O-])c1ccccc1. The average Bonchev–Trinajstić information content (AvgIpc) is 3.01. The van der Waals surface area contributed by atoms with Crippen molar-refractivity contribution in [1.82, 2.24) is 0 Å². The number of benzene rings is 4. The largest absolute Gasteiger partial charge is 0.744 e. The Morgan fingerprint density at radius 3 is 0.812 bits per heavy atom. The maximum absolute atomic E-state index is 10.3. The normalized spacial score (nSPS) is 11.9. The molecule has 4 aromatic rings. The Bertz CT molecular complexity index is 1490. The molecule has 0 amide bonds. The molecule has 48 heavy (non-hydrogen) atoms. The number of hydrogen-bond donors (Lipinski definition) is 0. The molecule has 0 spiro atoms. The molecule has 4 nitrogen and oxygen atoms in total. The van der Waals surface area contributed by atoms with Gasteiger partial charge in [-0.2, -0.15) is 0 Å². The molecule has 0 aromatic heterocycles. The number of rotatable bonds is 10. The Morgan fingerprint density at radius 1 is 0.417 bits per heavy atom. The van der Waals surface area contributed by atoms with Crippen LogP contribution in [0.25, 0.3) is 0 Å². The minimum absolute atomic E-state index is 0. The van der Waals surface area contributed by atoms with Gasteiger partial charge < -0.3 is 10.0 Å². The molecule has 0 aliphatic heterocycles. The van der Waals surface area contributed by atoms with E-state index < -0.39 is 30.3 Å². The summed E-state index contributed by atoms with van der Waals surface area (Å²) < 4.78 is 36.0. The first kappa shape index (κ1) is 41.7. The molecular formula is C42H58O4SSb. The summed E-state index contributed by atoms with van der Waals surface area (Å²) in [4.78, 5) is -0.185. The summed E-state index contributed by atoms with van der Waals surface area (Å²) in [6, 6.07) is 28.8. The van der Waals surface area contributed by atoms with Gasteiger partial charge in [0.15, 0.2) is 0 Å². The Kier molecular flexibility index (Phi) is 15.6. The van der Waals surface area contributed by atoms with Crippen LogP contribution >= 0.6 is 0 Å². The maximum Gasteiger partial charge on any atom is 0.124 e. The molecule has 0 saturated heterocycles. The van der Waals surface area contributed by atoms with Crippen LogP contribution in [0.3, 0.4) is 0 Å². The molecule has 0 heterocycles. The predicted molar refractivity (Wildman–Crippen MR) is 207 cm³/mol. The minimum Gasteiger partial charge on any atom is -0.744 e. The van der Waals surface area contributed by atoms with Crippen LogP contribution in [0.1, 0.15) is 152 Å². The second kappa shape index (κ2) is 18.0. The molecule has 261 valence electrons. The van der Waals surface area contributed by atoms with Gasteiger partial charge in [0.1, 0.15) is 10.1 Å². The summed E-state index contributed by atoms with van der Waals surface area (Å²) in [5.41, 5.74) is 9.48. The van der Waals surface area contributed by atoms with Gasteiger partial charge in [-0.3, -0.25) is 0 Å². The second-order valence-corrected chi connectivity index (χ2v) is 21.5. The van der Waals surface area contributed by atoms with E-state index >= 15 is 0 Å². The molecule has 0 aliphatic carbocycles. The van der Waals surface area contributed by atoms with E-state index in [4.69, 9.17) is 0 Å². The molecule has 4 aromatic carbocycles. The van der Waals surface area contributed by atoms with Crippen LogP contribution in [-0.4, -0.2) is 38.7 Å². The summed E-state index contributed by atoms with van der Waals surface area (Å²) in [7, 11) is -4.25. The quantitative estimate of drug-likeness (QED) is 0.119. The Labute approximate surface area is 299 Å². The first-order valence-corrected chi connectivity index (χ1v) is 22.4. The third-order valence-corrected chi connectivity index (χ3v) is 17.8. The molecule has 0 unspecified atom stereocenters. The number of hydrogen-bond acceptors (Lipinski definition) is 3. The first-order chi connectivity index (χ1) is 22.0. The topological polar surface area (TPSA) is 88.7 Å². The zero-order valence-electron chi connectivity index (χ0n) is 31.1. The molecule has 0 fully saturated rings. The maximum atomic E-state index is 10.3. The summed E-state index contributed by atoms with van der Waals surface area (Å²) in [6.45, 7) is 28.8. The monoisotopic (exact) mass is 779 g/mol. The van der Waals surface area contributed by atoms with E-state index in [0.717, 1.165) is 0 Å². The van der Waals surface area contributed by atoms with Crippen LogP contribution in [0.2, 0.25) is 0 Å². The van der Waals surface area contributed by atoms with Crippen molar-refractivity contribution < 1.29 is 18.4 Å². The standard InChI is InChI=1S/3C12H17.C6H6O3S.H2O.Sb/c3*1-9(2)11-6-5-7-12(8-11)10(3)4;7-10(8,9)6-4-2-1-3-5-6;;/h3*5-7,9-10H,1-4H3;1-5H,(H,7,8,9);1H2;/q;;;;;+1/p-1. The molecule has 0 atom stereocenters. The van der Waals surface area contributed by atoms with E-state index in [1.54, 1.807) is 50.0 Å². The molecule has 2 N–H and O–H groups in total. The molecule has 0 bridgehead atoms. The minimum atomic E-state index is -4.25. The van der Waals surface area contributed by atoms with E-state index in [0.29, 0.717) is 35.5 Å². The molecule has 6 heteroatoms. The van der Waals surface area contributed by atoms with Gasteiger partial charge >= 0.3 is 237 Å². The summed E-state index contributed by atoms with van der Waals surface area (Å²) in [5, 5.41) is 0. The van der Waals surface area contributed by atoms with E-state index in [9.17, 15) is 13.0 Å². The summed E-state index contributed by atoms with van der Waals surface area (Å²) in [6.07, 6.45) is 0. The smallest absolute Gasteiger partial charge is 0.124 e. The van der Waals surface area contributed by atoms with Crippen LogP contribution in [0.15, 0.2) is 89.8 Å². The Hall–Kier alpha value is -2.43. The van der Waals surface area contributed by atoms with Crippen LogP contribution in [0.5, 0.6) is 0 Å². The van der Waals surface area contributed by atoms with Crippen molar-refractivity contribution in [3.05, 3.63) is 118 Å². The predicted octanol–water partition coefficient (Wildman–Crippen LogP) is 8.71. The van der Waals surface area contributed by atoms with Gasteiger partial charge in [0.05, 0.1) is 4.90 Å². The van der Waals surface area contributed by atoms with Crippen LogP contribution in [0.4, 0.5) is 0 Å². The average molecular weight is 781 g/mol. The molecule has 4 rings (SSSR count). The van der Waals surface area contributed by atoms with Gasteiger partial charge in [0.25, 0.3) is 0 Å². The second-order valence-electron chi connectivity index (χ2n) is 14.4. The molecule has 0 saturated carbocycles. The zero-order chi connectivity index (χ0) is 35.2. The van der Waals surface area contributed by atoms with E-state index in [-0.39, 0.29) is 10.4 Å². The van der Waals surface area contributed by atoms with Crippen LogP contribution in [-0.2, 0) is 10.1 Å². The Balaban J connectivity index is 0.000000622. The first-order valence-electron chi connectivity index (χ1n) is 17.2. The van der Waals surface area contributed by atoms with Crippen LogP contribution in [0, 0.1) is 0 Å². The van der Waals surface area contributed by atoms with Crippen molar-refractivity contribution in [3.63, 3.8) is 0 Å². The van der Waals surface area contributed by atoms with E-state index in [1.807, 2.05) is 0 Å². The van der Waals surface area contributed by atoms with Gasteiger partial charge in [-0.05, 0) is 12.1 Å². The van der Waals surface area contributed by atoms with Gasteiger partial charge in [-0.25, -0.2) is 8.42 Å². The molecular weight excluding hydrogens is 722 g/mol. The van der Waals surface area contributed by atoms with Crippen molar-refractivity contribution in [2.24, 2.45) is 0 Å².